The third-order valence-corrected chi connectivity index (χ3v) is 3.69. The van der Waals surface area contributed by atoms with Gasteiger partial charge in [0.15, 0.2) is 0 Å². The number of thiol groups is 1. The van der Waals surface area contributed by atoms with Gasteiger partial charge in [-0.2, -0.15) is 0 Å². The zero-order valence-electron chi connectivity index (χ0n) is 9.17. The largest absolute Gasteiger partial charge is 0.325 e. The van der Waals surface area contributed by atoms with Crippen LogP contribution in [0, 0.1) is 0 Å². The molecule has 1 aliphatic rings. The van der Waals surface area contributed by atoms with Crippen LogP contribution in [0.5, 0.6) is 0 Å². The monoisotopic (exact) mass is 282 g/mol. The zero-order chi connectivity index (χ0) is 13.1. The Labute approximate surface area is 113 Å². The van der Waals surface area contributed by atoms with E-state index in [1.165, 1.54) is 0 Å². The van der Waals surface area contributed by atoms with Crippen LogP contribution in [0.3, 0.4) is 0 Å². The molecule has 1 aromatic carbocycles. The first-order valence-corrected chi connectivity index (χ1v) is 6.48. The van der Waals surface area contributed by atoms with Gasteiger partial charge in [-0.3, -0.25) is 19.7 Å². The van der Waals surface area contributed by atoms with Crippen molar-refractivity contribution in [3.63, 3.8) is 0 Å². The molecule has 0 aromatic heterocycles. The van der Waals surface area contributed by atoms with E-state index in [0.717, 1.165) is 11.8 Å². The number of para-hydroxylation sites is 1. The molecule has 7 heteroatoms. The lowest BCUT2D eigenvalue weighted by molar-refractivity contribution is -0.122. The Morgan fingerprint density at radius 2 is 2.11 bits per heavy atom. The van der Waals surface area contributed by atoms with Gasteiger partial charge in [0, 0.05) is 11.3 Å². The molecule has 0 bridgehead atoms. The lowest BCUT2D eigenvalue weighted by Crippen LogP contribution is -2.27. The number of carbonyl (C=O) groups is 3. The summed E-state index contributed by atoms with van der Waals surface area (Å²) in [6, 6.07) is 7.04. The second-order valence-corrected chi connectivity index (χ2v) is 5.31. The molecule has 0 saturated carbocycles. The summed E-state index contributed by atoms with van der Waals surface area (Å²) in [5, 5.41) is 3.73. The van der Waals surface area contributed by atoms with Crippen molar-refractivity contribution in [2.24, 2.45) is 0 Å². The van der Waals surface area contributed by atoms with E-state index >= 15 is 0 Å². The standard InChI is InChI=1S/C11H10N2O3S2/c14-9(5-8-10(15)13-11(16)18-8)12-6-3-1-2-4-7(6)17/h1-4,8,17H,5H2,(H,12,14)(H,13,15,16)/t8-/m0/s1. The van der Waals surface area contributed by atoms with E-state index in [4.69, 9.17) is 0 Å². The van der Waals surface area contributed by atoms with E-state index in [1.807, 2.05) is 0 Å². The summed E-state index contributed by atoms with van der Waals surface area (Å²) in [5.74, 6) is -0.738. The first kappa shape index (κ1) is 13.0. The zero-order valence-corrected chi connectivity index (χ0v) is 10.9. The minimum absolute atomic E-state index is 0.0373. The number of rotatable bonds is 3. The van der Waals surface area contributed by atoms with Crippen molar-refractivity contribution >= 4 is 47.1 Å². The smallest absolute Gasteiger partial charge is 0.286 e. The quantitative estimate of drug-likeness (QED) is 0.737. The summed E-state index contributed by atoms with van der Waals surface area (Å²) >= 11 is 5.04. The van der Waals surface area contributed by atoms with Crippen LogP contribution in [-0.4, -0.2) is 22.3 Å². The minimum atomic E-state index is -0.649. The fraction of sp³-hybridized carbons (Fsp3) is 0.182. The van der Waals surface area contributed by atoms with Crippen molar-refractivity contribution < 1.29 is 14.4 Å². The van der Waals surface area contributed by atoms with Crippen LogP contribution in [0.2, 0.25) is 0 Å². The molecule has 5 nitrogen and oxygen atoms in total. The molecule has 3 amide bonds. The second kappa shape index (κ2) is 5.45. The summed E-state index contributed by atoms with van der Waals surface area (Å²) in [5.41, 5.74) is 0.584. The van der Waals surface area contributed by atoms with Gasteiger partial charge in [-0.05, 0) is 12.1 Å². The van der Waals surface area contributed by atoms with Gasteiger partial charge in [-0.15, -0.1) is 12.6 Å². The predicted molar refractivity (Wildman–Crippen MR) is 71.9 cm³/mol. The number of anilines is 1. The minimum Gasteiger partial charge on any atom is -0.325 e. The van der Waals surface area contributed by atoms with Gasteiger partial charge in [-0.1, -0.05) is 23.9 Å². The molecule has 1 aliphatic heterocycles. The molecule has 2 rings (SSSR count). The van der Waals surface area contributed by atoms with Gasteiger partial charge in [0.05, 0.1) is 5.69 Å². The van der Waals surface area contributed by atoms with Crippen molar-refractivity contribution in [1.82, 2.24) is 5.32 Å². The Balaban J connectivity index is 1.95. The Hall–Kier alpha value is -1.47. The first-order chi connectivity index (χ1) is 8.56. The fourth-order valence-corrected chi connectivity index (χ4v) is 2.51. The molecule has 0 unspecified atom stereocenters. The van der Waals surface area contributed by atoms with Crippen LogP contribution < -0.4 is 10.6 Å². The average molecular weight is 282 g/mol. The molecule has 0 aliphatic carbocycles. The number of nitrogens with one attached hydrogen (secondary N) is 2. The van der Waals surface area contributed by atoms with Crippen molar-refractivity contribution in [3.8, 4) is 0 Å². The molecule has 0 radical (unpaired) electrons. The van der Waals surface area contributed by atoms with Gasteiger partial charge in [0.2, 0.25) is 11.8 Å². The summed E-state index contributed by atoms with van der Waals surface area (Å²) in [6.45, 7) is 0. The van der Waals surface area contributed by atoms with E-state index in [9.17, 15) is 14.4 Å². The number of amides is 3. The van der Waals surface area contributed by atoms with Crippen molar-refractivity contribution in [3.05, 3.63) is 24.3 Å². The molecule has 1 aromatic rings. The Bertz CT molecular complexity index is 519. The van der Waals surface area contributed by atoms with E-state index in [0.29, 0.717) is 10.6 Å². The summed E-state index contributed by atoms with van der Waals surface area (Å²) in [4.78, 5) is 34.6. The fourth-order valence-electron chi connectivity index (χ4n) is 1.48. The highest BCUT2D eigenvalue weighted by Crippen LogP contribution is 2.23. The number of hydrogen-bond donors (Lipinski definition) is 3. The van der Waals surface area contributed by atoms with Crippen LogP contribution >= 0.6 is 24.4 Å². The Morgan fingerprint density at radius 3 is 2.72 bits per heavy atom. The maximum Gasteiger partial charge on any atom is 0.286 e. The van der Waals surface area contributed by atoms with Crippen LogP contribution in [0.1, 0.15) is 6.42 Å². The molecular weight excluding hydrogens is 272 g/mol. The number of hydrogen-bond acceptors (Lipinski definition) is 5. The Kier molecular flexibility index (Phi) is 3.93. The number of imide groups is 1. The van der Waals surface area contributed by atoms with E-state index in [-0.39, 0.29) is 12.3 Å². The van der Waals surface area contributed by atoms with Gasteiger partial charge in [0.1, 0.15) is 5.25 Å². The van der Waals surface area contributed by atoms with Crippen molar-refractivity contribution in [2.75, 3.05) is 5.32 Å². The summed E-state index contributed by atoms with van der Waals surface area (Å²) in [7, 11) is 0. The van der Waals surface area contributed by atoms with E-state index in [1.54, 1.807) is 24.3 Å². The van der Waals surface area contributed by atoms with Gasteiger partial charge in [-0.25, -0.2) is 0 Å². The summed E-state index contributed by atoms with van der Waals surface area (Å²) in [6.07, 6.45) is -0.0373. The number of carbonyl (C=O) groups excluding carboxylic acids is 3. The topological polar surface area (TPSA) is 75.3 Å². The molecule has 94 valence electrons. The lowest BCUT2D eigenvalue weighted by atomic mass is 10.2. The normalized spacial score (nSPS) is 18.6. The predicted octanol–water partition coefficient (Wildman–Crippen LogP) is 1.66. The van der Waals surface area contributed by atoms with E-state index < -0.39 is 16.4 Å². The summed E-state index contributed by atoms with van der Waals surface area (Å²) < 4.78 is 0. The van der Waals surface area contributed by atoms with Gasteiger partial charge >= 0.3 is 0 Å². The number of thioether (sulfide) groups is 1. The molecule has 1 atom stereocenters. The highest BCUT2D eigenvalue weighted by atomic mass is 32.2. The maximum atomic E-state index is 11.7. The highest BCUT2D eigenvalue weighted by molar-refractivity contribution is 8.15. The molecule has 1 fully saturated rings. The Morgan fingerprint density at radius 1 is 1.39 bits per heavy atom. The first-order valence-electron chi connectivity index (χ1n) is 5.15. The van der Waals surface area contributed by atoms with Crippen LogP contribution in [0.15, 0.2) is 29.2 Å². The van der Waals surface area contributed by atoms with Crippen LogP contribution in [-0.2, 0) is 9.59 Å². The third-order valence-electron chi connectivity index (χ3n) is 2.32. The SMILES string of the molecule is O=C(C[C@@H]1SC(=O)NC1=O)Nc1ccccc1S. The second-order valence-electron chi connectivity index (χ2n) is 3.65. The van der Waals surface area contributed by atoms with Gasteiger partial charge < -0.3 is 5.32 Å². The molecule has 1 heterocycles. The number of benzene rings is 1. The van der Waals surface area contributed by atoms with Gasteiger partial charge in [0.25, 0.3) is 5.24 Å². The molecule has 2 N–H and O–H groups in total. The lowest BCUT2D eigenvalue weighted by Gasteiger charge is -2.08. The molecule has 0 spiro atoms. The molecule has 1 saturated heterocycles. The van der Waals surface area contributed by atoms with Crippen LogP contribution in [0.25, 0.3) is 0 Å². The highest BCUT2D eigenvalue weighted by Gasteiger charge is 2.33. The van der Waals surface area contributed by atoms with E-state index in [2.05, 4.69) is 23.3 Å². The van der Waals surface area contributed by atoms with Crippen molar-refractivity contribution in [1.29, 1.82) is 0 Å². The third kappa shape index (κ3) is 3.05. The average Bonchev–Trinajstić information content (AvgIpc) is 2.61. The molecule has 18 heavy (non-hydrogen) atoms. The maximum absolute atomic E-state index is 11.7. The van der Waals surface area contributed by atoms with Crippen LogP contribution in [0.4, 0.5) is 10.5 Å². The van der Waals surface area contributed by atoms with Crippen molar-refractivity contribution in [2.45, 2.75) is 16.6 Å². The molecular formula is C11H10N2O3S2.